The monoisotopic (exact) mass is 447 g/mol. The smallest absolute Gasteiger partial charge is 0.408 e. The number of anilines is 1. The molecule has 1 aromatic heterocycles. The van der Waals surface area contributed by atoms with Crippen LogP contribution in [0.2, 0.25) is 0 Å². The minimum Gasteiger partial charge on any atom is -0.459 e. The van der Waals surface area contributed by atoms with Crippen LogP contribution >= 0.6 is 0 Å². The Balaban J connectivity index is 1.45. The summed E-state index contributed by atoms with van der Waals surface area (Å²) in [4.78, 5) is 48.2. The zero-order valence-corrected chi connectivity index (χ0v) is 17.5. The molecule has 0 radical (unpaired) electrons. The van der Waals surface area contributed by atoms with Crippen molar-refractivity contribution in [2.24, 2.45) is 0 Å². The number of aromatic nitrogens is 4. The molecular weight excluding hydrogens is 426 g/mol. The summed E-state index contributed by atoms with van der Waals surface area (Å²) in [6, 6.07) is 4.82. The van der Waals surface area contributed by atoms with Crippen LogP contribution in [0.5, 0.6) is 0 Å². The fraction of sp³-hybridized carbons (Fsp3) is 0.444. The van der Waals surface area contributed by atoms with E-state index in [-0.39, 0.29) is 31.3 Å². The van der Waals surface area contributed by atoms with E-state index in [9.17, 15) is 24.5 Å². The molecule has 0 aliphatic carbocycles. The zero-order chi connectivity index (χ0) is 23.5. The van der Waals surface area contributed by atoms with E-state index in [1.54, 1.807) is 20.8 Å². The molecule has 14 nitrogen and oxygen atoms in total. The van der Waals surface area contributed by atoms with Gasteiger partial charge in [-0.3, -0.25) is 19.8 Å². The van der Waals surface area contributed by atoms with Crippen molar-refractivity contribution in [3.8, 4) is 0 Å². The van der Waals surface area contributed by atoms with Crippen molar-refractivity contribution in [1.29, 1.82) is 0 Å². The lowest BCUT2D eigenvalue weighted by atomic mass is 10.1. The highest BCUT2D eigenvalue weighted by molar-refractivity contribution is 6.04. The molecule has 2 heterocycles. The first kappa shape index (κ1) is 22.6. The summed E-state index contributed by atoms with van der Waals surface area (Å²) in [6.45, 7) is 4.83. The van der Waals surface area contributed by atoms with E-state index in [0.717, 1.165) is 4.80 Å². The average Bonchev–Trinajstić information content (AvgIpc) is 3.15. The first-order chi connectivity index (χ1) is 15.0. The molecule has 0 spiro atoms. The Hall–Kier alpha value is -4.10. The van der Waals surface area contributed by atoms with Crippen molar-refractivity contribution in [3.05, 3.63) is 39.9 Å². The number of alkyl carbamates (subject to hydrolysis) is 1. The minimum absolute atomic E-state index is 0.0135. The molecule has 0 saturated carbocycles. The van der Waals surface area contributed by atoms with E-state index in [1.807, 2.05) is 0 Å². The van der Waals surface area contributed by atoms with Crippen LogP contribution in [-0.4, -0.2) is 61.3 Å². The molecule has 1 saturated heterocycles. The van der Waals surface area contributed by atoms with Crippen molar-refractivity contribution in [2.45, 2.75) is 45.6 Å². The Kier molecular flexibility index (Phi) is 6.32. The first-order valence-electron chi connectivity index (χ1n) is 9.49. The van der Waals surface area contributed by atoms with E-state index < -0.39 is 34.5 Å². The van der Waals surface area contributed by atoms with E-state index in [0.29, 0.717) is 5.56 Å². The third-order valence-electron chi connectivity index (χ3n) is 4.12. The Morgan fingerprint density at radius 2 is 1.97 bits per heavy atom. The fourth-order valence-electron chi connectivity index (χ4n) is 2.61. The predicted octanol–water partition coefficient (Wildman–Crippen LogP) is 0.565. The quantitative estimate of drug-likeness (QED) is 0.274. The molecule has 1 N–H and O–H groups in total. The number of non-ortho nitro benzene ring substituents is 1. The summed E-state index contributed by atoms with van der Waals surface area (Å²) in [6.07, 6.45) is -0.706. The number of benzene rings is 1. The summed E-state index contributed by atoms with van der Waals surface area (Å²) in [5.41, 5.74) is -0.178. The van der Waals surface area contributed by atoms with Crippen LogP contribution in [0, 0.1) is 10.1 Å². The number of nitro groups is 1. The van der Waals surface area contributed by atoms with Crippen molar-refractivity contribution < 1.29 is 28.8 Å². The standard InChI is InChI=1S/C18H21N7O7/c1-18(2,3)32-17(28)19-13-8-23(15(13)27)16-20-22-24(21-16)9-14(26)31-10-11-4-6-12(7-5-11)25(29)30/h4-7,13H,8-10H2,1-3H3,(H,19,28)/t13-/m0/s1. The molecule has 1 aromatic carbocycles. The maximum absolute atomic E-state index is 12.2. The maximum atomic E-state index is 12.2. The van der Waals surface area contributed by atoms with E-state index in [4.69, 9.17) is 9.47 Å². The Morgan fingerprint density at radius 3 is 2.56 bits per heavy atom. The lowest BCUT2D eigenvalue weighted by Gasteiger charge is -2.36. The van der Waals surface area contributed by atoms with Crippen LogP contribution in [0.15, 0.2) is 24.3 Å². The first-order valence-corrected chi connectivity index (χ1v) is 9.49. The molecule has 1 aliphatic heterocycles. The summed E-state index contributed by atoms with van der Waals surface area (Å²) in [7, 11) is 0. The van der Waals surface area contributed by atoms with Gasteiger partial charge in [-0.1, -0.05) is 5.10 Å². The number of tetrazole rings is 1. The van der Waals surface area contributed by atoms with Crippen LogP contribution in [0.25, 0.3) is 0 Å². The number of nitrogens with one attached hydrogen (secondary N) is 1. The van der Waals surface area contributed by atoms with Gasteiger partial charge in [-0.25, -0.2) is 9.59 Å². The van der Waals surface area contributed by atoms with Crippen LogP contribution in [0.1, 0.15) is 26.3 Å². The lowest BCUT2D eigenvalue weighted by molar-refractivity contribution is -0.384. The average molecular weight is 447 g/mol. The number of hydrogen-bond acceptors (Lipinski definition) is 10. The number of esters is 1. The highest BCUT2D eigenvalue weighted by Crippen LogP contribution is 2.18. The number of carbonyl (C=O) groups is 3. The van der Waals surface area contributed by atoms with Gasteiger partial charge in [0, 0.05) is 12.1 Å². The summed E-state index contributed by atoms with van der Waals surface area (Å²) in [5.74, 6) is -1.11. The zero-order valence-electron chi connectivity index (χ0n) is 17.5. The number of nitro benzene ring substituents is 1. The number of β-lactam (4-membered cyclic amide) rings is 1. The van der Waals surface area contributed by atoms with Crippen molar-refractivity contribution >= 4 is 29.6 Å². The van der Waals surface area contributed by atoms with Crippen molar-refractivity contribution in [1.82, 2.24) is 25.5 Å². The number of carbonyl (C=O) groups excluding carboxylic acids is 3. The molecule has 1 fully saturated rings. The topological polar surface area (TPSA) is 172 Å². The van der Waals surface area contributed by atoms with Gasteiger partial charge < -0.3 is 14.8 Å². The fourth-order valence-corrected chi connectivity index (χ4v) is 2.61. The molecule has 0 bridgehead atoms. The largest absolute Gasteiger partial charge is 0.459 e. The second-order valence-corrected chi connectivity index (χ2v) is 7.85. The lowest BCUT2D eigenvalue weighted by Crippen LogP contribution is -2.64. The third kappa shape index (κ3) is 5.74. The number of hydrogen-bond donors (Lipinski definition) is 1. The molecule has 2 aromatic rings. The molecule has 1 atom stereocenters. The maximum Gasteiger partial charge on any atom is 0.408 e. The Morgan fingerprint density at radius 1 is 1.28 bits per heavy atom. The van der Waals surface area contributed by atoms with Crippen LogP contribution in [0.4, 0.5) is 16.4 Å². The van der Waals surface area contributed by atoms with Gasteiger partial charge >= 0.3 is 12.1 Å². The second-order valence-electron chi connectivity index (χ2n) is 7.85. The van der Waals surface area contributed by atoms with Crippen LogP contribution in [0.3, 0.4) is 0 Å². The SMILES string of the molecule is CC(C)(C)OC(=O)N[C@H]1CN(c2nnn(CC(=O)OCc3ccc([N+](=O)[O-])cc3)n2)C1=O. The molecule has 0 unspecified atom stereocenters. The summed E-state index contributed by atoms with van der Waals surface area (Å²) < 4.78 is 10.2. The molecule has 3 rings (SSSR count). The number of rotatable bonds is 7. The van der Waals surface area contributed by atoms with Gasteiger partial charge in [0.15, 0.2) is 6.54 Å². The molecule has 14 heteroatoms. The van der Waals surface area contributed by atoms with Crippen molar-refractivity contribution in [3.63, 3.8) is 0 Å². The van der Waals surface area contributed by atoms with Gasteiger partial charge in [0.25, 0.3) is 17.5 Å². The van der Waals surface area contributed by atoms with E-state index >= 15 is 0 Å². The highest BCUT2D eigenvalue weighted by Gasteiger charge is 2.41. The molecule has 170 valence electrons. The van der Waals surface area contributed by atoms with Crippen LogP contribution < -0.4 is 10.2 Å². The molecule has 32 heavy (non-hydrogen) atoms. The van der Waals surface area contributed by atoms with Gasteiger partial charge in [-0.2, -0.15) is 4.80 Å². The van der Waals surface area contributed by atoms with Gasteiger partial charge in [-0.05, 0) is 43.7 Å². The minimum atomic E-state index is -0.761. The second kappa shape index (κ2) is 8.95. The molecule has 2 amide bonds. The normalized spacial score (nSPS) is 15.7. The third-order valence-corrected chi connectivity index (χ3v) is 4.12. The number of amides is 2. The van der Waals surface area contributed by atoms with Crippen LogP contribution in [-0.2, 0) is 32.2 Å². The molecule has 1 aliphatic rings. The highest BCUT2D eigenvalue weighted by atomic mass is 16.6. The number of ether oxygens (including phenoxy) is 2. The van der Waals surface area contributed by atoms with E-state index in [1.165, 1.54) is 29.2 Å². The van der Waals surface area contributed by atoms with Gasteiger partial charge in [0.05, 0.1) is 11.5 Å². The predicted molar refractivity (Wildman–Crippen MR) is 106 cm³/mol. The Labute approximate surface area is 181 Å². The van der Waals surface area contributed by atoms with Crippen molar-refractivity contribution in [2.75, 3.05) is 11.4 Å². The Bertz CT molecular complexity index is 1030. The molecular formula is C18H21N7O7. The summed E-state index contributed by atoms with van der Waals surface area (Å²) in [5, 5.41) is 24.5. The van der Waals surface area contributed by atoms with Gasteiger partial charge in [-0.15, -0.1) is 5.10 Å². The number of nitrogens with zero attached hydrogens (tertiary/aromatic N) is 6. The van der Waals surface area contributed by atoms with Gasteiger partial charge in [0.2, 0.25) is 0 Å². The summed E-state index contributed by atoms with van der Waals surface area (Å²) >= 11 is 0. The van der Waals surface area contributed by atoms with Gasteiger partial charge in [0.1, 0.15) is 18.2 Å². The van der Waals surface area contributed by atoms with E-state index in [2.05, 4.69) is 20.7 Å².